The lowest BCUT2D eigenvalue weighted by molar-refractivity contribution is -0.152. The third-order valence-electron chi connectivity index (χ3n) is 3.72. The first-order chi connectivity index (χ1) is 11.0. The predicted octanol–water partition coefficient (Wildman–Crippen LogP) is 2.35. The van der Waals surface area contributed by atoms with Gasteiger partial charge in [0.15, 0.2) is 0 Å². The van der Waals surface area contributed by atoms with E-state index in [4.69, 9.17) is 14.3 Å². The number of methoxy groups -OCH3 is 1. The molecule has 0 spiro atoms. The summed E-state index contributed by atoms with van der Waals surface area (Å²) < 4.78 is 10.1. The Morgan fingerprint density at radius 1 is 1.35 bits per heavy atom. The third kappa shape index (κ3) is 4.31. The topological polar surface area (TPSA) is 74.2 Å². The minimum absolute atomic E-state index is 0.218. The van der Waals surface area contributed by atoms with Crippen LogP contribution in [0.5, 0.6) is 5.75 Å². The zero-order valence-electron chi connectivity index (χ0n) is 13.6. The van der Waals surface area contributed by atoms with E-state index < -0.39 is 11.9 Å². The van der Waals surface area contributed by atoms with Gasteiger partial charge < -0.3 is 14.3 Å². The second-order valence-electron chi connectivity index (χ2n) is 5.35. The highest BCUT2D eigenvalue weighted by Gasteiger charge is 2.32. The molecular formula is C17H21NO5. The maximum atomic E-state index is 11.8. The SMILES string of the molecule is CCOC(=O)[C@@H](C[C@H]1CC(c2ccc(OC)cc2)=NO1)C(C)=O. The van der Waals surface area contributed by atoms with Crippen LogP contribution in [0.3, 0.4) is 0 Å². The summed E-state index contributed by atoms with van der Waals surface area (Å²) in [6.07, 6.45) is 0.526. The average Bonchev–Trinajstić information content (AvgIpc) is 3.01. The van der Waals surface area contributed by atoms with Gasteiger partial charge in [-0.2, -0.15) is 0 Å². The van der Waals surface area contributed by atoms with E-state index in [2.05, 4.69) is 5.16 Å². The molecule has 1 aromatic rings. The van der Waals surface area contributed by atoms with Crippen LogP contribution in [-0.4, -0.2) is 37.3 Å². The van der Waals surface area contributed by atoms with Crippen LogP contribution in [0.25, 0.3) is 0 Å². The van der Waals surface area contributed by atoms with Crippen molar-refractivity contribution < 1.29 is 23.9 Å². The standard InChI is InChI=1S/C17H21NO5/c1-4-22-17(20)15(11(2)19)9-14-10-16(18-23-14)12-5-7-13(21-3)8-6-12/h5-8,14-15H,4,9-10H2,1-3H3/t14-,15-/m0/s1. The molecule has 2 atom stereocenters. The fourth-order valence-corrected chi connectivity index (χ4v) is 2.44. The van der Waals surface area contributed by atoms with Crippen molar-refractivity contribution in [2.45, 2.75) is 32.8 Å². The van der Waals surface area contributed by atoms with Gasteiger partial charge >= 0.3 is 5.97 Å². The molecular weight excluding hydrogens is 298 g/mol. The van der Waals surface area contributed by atoms with Crippen molar-refractivity contribution in [3.63, 3.8) is 0 Å². The highest BCUT2D eigenvalue weighted by molar-refractivity contribution is 6.01. The molecule has 0 fully saturated rings. The summed E-state index contributed by atoms with van der Waals surface area (Å²) in [5.74, 6) is -0.749. The Morgan fingerprint density at radius 2 is 2.04 bits per heavy atom. The normalized spacial score (nSPS) is 17.9. The first-order valence-corrected chi connectivity index (χ1v) is 7.59. The molecule has 124 valence electrons. The number of esters is 1. The second-order valence-corrected chi connectivity index (χ2v) is 5.35. The maximum absolute atomic E-state index is 11.8. The van der Waals surface area contributed by atoms with Crippen molar-refractivity contribution in [1.29, 1.82) is 0 Å². The van der Waals surface area contributed by atoms with Gasteiger partial charge in [-0.3, -0.25) is 9.59 Å². The summed E-state index contributed by atoms with van der Waals surface area (Å²) in [4.78, 5) is 28.9. The van der Waals surface area contributed by atoms with Gasteiger partial charge in [0.2, 0.25) is 0 Å². The lowest BCUT2D eigenvalue weighted by Gasteiger charge is -2.15. The highest BCUT2D eigenvalue weighted by atomic mass is 16.6. The van der Waals surface area contributed by atoms with Crippen LogP contribution in [0, 0.1) is 5.92 Å². The van der Waals surface area contributed by atoms with Crippen molar-refractivity contribution in [1.82, 2.24) is 0 Å². The average molecular weight is 319 g/mol. The minimum atomic E-state index is -0.801. The van der Waals surface area contributed by atoms with Crippen molar-refractivity contribution in [3.8, 4) is 5.75 Å². The summed E-state index contributed by atoms with van der Waals surface area (Å²) in [5, 5.41) is 4.07. The fraction of sp³-hybridized carbons (Fsp3) is 0.471. The van der Waals surface area contributed by atoms with Crippen LogP contribution in [0.1, 0.15) is 32.3 Å². The van der Waals surface area contributed by atoms with E-state index in [9.17, 15) is 9.59 Å². The van der Waals surface area contributed by atoms with Gasteiger partial charge in [0, 0.05) is 12.8 Å². The van der Waals surface area contributed by atoms with E-state index >= 15 is 0 Å². The van der Waals surface area contributed by atoms with Crippen molar-refractivity contribution in [2.24, 2.45) is 11.1 Å². The monoisotopic (exact) mass is 319 g/mol. The second kappa shape index (κ2) is 7.76. The van der Waals surface area contributed by atoms with Crippen LogP contribution in [0.4, 0.5) is 0 Å². The van der Waals surface area contributed by atoms with Crippen LogP contribution >= 0.6 is 0 Å². The van der Waals surface area contributed by atoms with Gasteiger partial charge in [0.1, 0.15) is 23.6 Å². The molecule has 0 saturated carbocycles. The molecule has 1 heterocycles. The lowest BCUT2D eigenvalue weighted by atomic mass is 9.94. The van der Waals surface area contributed by atoms with Gasteiger partial charge in [-0.05, 0) is 43.7 Å². The number of oxime groups is 1. The van der Waals surface area contributed by atoms with Gasteiger partial charge in [-0.1, -0.05) is 5.16 Å². The highest BCUT2D eigenvalue weighted by Crippen LogP contribution is 2.24. The molecule has 0 bridgehead atoms. The Morgan fingerprint density at radius 3 is 2.61 bits per heavy atom. The smallest absolute Gasteiger partial charge is 0.316 e. The van der Waals surface area contributed by atoms with Crippen LogP contribution < -0.4 is 4.74 Å². The molecule has 0 unspecified atom stereocenters. The lowest BCUT2D eigenvalue weighted by Crippen LogP contribution is -2.28. The number of hydrogen-bond acceptors (Lipinski definition) is 6. The number of carbonyl (C=O) groups excluding carboxylic acids is 2. The Hall–Kier alpha value is -2.37. The molecule has 6 nitrogen and oxygen atoms in total. The Labute approximate surface area is 135 Å². The van der Waals surface area contributed by atoms with E-state index in [-0.39, 0.29) is 24.9 Å². The minimum Gasteiger partial charge on any atom is -0.497 e. The number of hydrogen-bond donors (Lipinski definition) is 0. The summed E-state index contributed by atoms with van der Waals surface area (Å²) >= 11 is 0. The molecule has 0 radical (unpaired) electrons. The summed E-state index contributed by atoms with van der Waals surface area (Å²) in [6, 6.07) is 7.50. The first-order valence-electron chi connectivity index (χ1n) is 7.59. The zero-order valence-corrected chi connectivity index (χ0v) is 13.6. The molecule has 1 aromatic carbocycles. The fourth-order valence-electron chi connectivity index (χ4n) is 2.44. The number of benzene rings is 1. The van der Waals surface area contributed by atoms with E-state index in [0.29, 0.717) is 6.42 Å². The van der Waals surface area contributed by atoms with Crippen molar-refractivity contribution in [3.05, 3.63) is 29.8 Å². The maximum Gasteiger partial charge on any atom is 0.316 e. The molecule has 23 heavy (non-hydrogen) atoms. The summed E-state index contributed by atoms with van der Waals surface area (Å²) in [7, 11) is 1.61. The number of nitrogens with zero attached hydrogens (tertiary/aromatic N) is 1. The van der Waals surface area contributed by atoms with Crippen LogP contribution in [-0.2, 0) is 19.2 Å². The molecule has 0 saturated heterocycles. The number of Topliss-reactive ketones (excluding diaryl/α,β-unsaturated/α-hetero) is 1. The van der Waals surface area contributed by atoms with Gasteiger partial charge in [-0.25, -0.2) is 0 Å². The number of ketones is 1. The molecule has 0 aromatic heterocycles. The van der Waals surface area contributed by atoms with Gasteiger partial charge in [-0.15, -0.1) is 0 Å². The van der Waals surface area contributed by atoms with Gasteiger partial charge in [0.25, 0.3) is 0 Å². The van der Waals surface area contributed by atoms with Crippen molar-refractivity contribution >= 4 is 17.5 Å². The Kier molecular flexibility index (Phi) is 5.73. The molecule has 0 N–H and O–H groups in total. The van der Waals surface area contributed by atoms with E-state index in [0.717, 1.165) is 17.0 Å². The quantitative estimate of drug-likeness (QED) is 0.570. The largest absolute Gasteiger partial charge is 0.497 e. The van der Waals surface area contributed by atoms with E-state index in [1.165, 1.54) is 6.92 Å². The predicted molar refractivity (Wildman–Crippen MR) is 84.4 cm³/mol. The molecule has 1 aliphatic rings. The molecule has 6 heteroatoms. The van der Waals surface area contributed by atoms with Crippen LogP contribution in [0.2, 0.25) is 0 Å². The molecule has 0 amide bonds. The Bertz CT molecular complexity index is 594. The number of carbonyl (C=O) groups is 2. The third-order valence-corrected chi connectivity index (χ3v) is 3.72. The number of ether oxygens (including phenoxy) is 2. The molecule has 1 aliphatic heterocycles. The van der Waals surface area contributed by atoms with Gasteiger partial charge in [0.05, 0.1) is 19.4 Å². The summed E-state index contributed by atoms with van der Waals surface area (Å²) in [6.45, 7) is 3.36. The van der Waals surface area contributed by atoms with Crippen LogP contribution in [0.15, 0.2) is 29.4 Å². The molecule has 2 rings (SSSR count). The van der Waals surface area contributed by atoms with E-state index in [1.54, 1.807) is 14.0 Å². The first kappa shape index (κ1) is 17.0. The summed E-state index contributed by atoms with van der Waals surface area (Å²) in [5.41, 5.74) is 1.73. The number of rotatable bonds is 7. The zero-order chi connectivity index (χ0) is 16.8. The van der Waals surface area contributed by atoms with E-state index in [1.807, 2.05) is 24.3 Å². The van der Waals surface area contributed by atoms with Crippen molar-refractivity contribution in [2.75, 3.05) is 13.7 Å². The molecule has 0 aliphatic carbocycles. The Balaban J connectivity index is 1.97.